The van der Waals surface area contributed by atoms with Crippen molar-refractivity contribution < 1.29 is 28.8 Å². The molecule has 2 rings (SSSR count). The second-order valence-electron chi connectivity index (χ2n) is 2.36. The van der Waals surface area contributed by atoms with E-state index in [1.54, 1.807) is 12.1 Å². The first-order chi connectivity index (χ1) is 6.18. The average molecular weight is 248 g/mol. The second kappa shape index (κ2) is 4.13. The van der Waals surface area contributed by atoms with Crippen molar-refractivity contribution in [2.24, 2.45) is 0 Å². The van der Waals surface area contributed by atoms with E-state index in [0.717, 1.165) is 0 Å². The van der Waals surface area contributed by atoms with Crippen molar-refractivity contribution in [2.45, 2.75) is 0 Å². The number of aromatic nitrogens is 3. The fraction of sp³-hybridized carbons (Fsp3) is 0. The number of hydrogen-bond donors (Lipinski definition) is 0. The van der Waals surface area contributed by atoms with E-state index >= 15 is 0 Å². The van der Waals surface area contributed by atoms with Gasteiger partial charge in [0.25, 0.3) is 0 Å². The molecular formula is C7H3BrLiN3O2. The number of carbonyl (C=O) groups excluding carboxylic acids is 1. The Kier molecular flexibility index (Phi) is 3.32. The number of carboxylic acids is 1. The van der Waals surface area contributed by atoms with Crippen molar-refractivity contribution in [1.29, 1.82) is 0 Å². The molecule has 0 saturated heterocycles. The topological polar surface area (TPSA) is 70.3 Å². The molecule has 2 heterocycles. The molecule has 2 aromatic heterocycles. The maximum absolute atomic E-state index is 10.6. The van der Waals surface area contributed by atoms with Crippen molar-refractivity contribution in [3.8, 4) is 0 Å². The fourth-order valence-electron chi connectivity index (χ4n) is 0.990. The monoisotopic (exact) mass is 247 g/mol. The van der Waals surface area contributed by atoms with Crippen LogP contribution in [-0.4, -0.2) is 20.6 Å². The molecule has 0 bridgehead atoms. The van der Waals surface area contributed by atoms with Crippen molar-refractivity contribution in [3.63, 3.8) is 0 Å². The molecule has 66 valence electrons. The zero-order valence-corrected chi connectivity index (χ0v) is 8.85. The molecule has 5 nitrogen and oxygen atoms in total. The van der Waals surface area contributed by atoms with Gasteiger partial charge in [-0.25, -0.2) is 9.50 Å². The number of hydrogen-bond acceptors (Lipinski definition) is 4. The summed E-state index contributed by atoms with van der Waals surface area (Å²) in [5.74, 6) is -1.29. The van der Waals surface area contributed by atoms with E-state index < -0.39 is 5.97 Å². The summed E-state index contributed by atoms with van der Waals surface area (Å²) >= 11 is 3.13. The van der Waals surface area contributed by atoms with Crippen LogP contribution in [0.2, 0.25) is 0 Å². The van der Waals surface area contributed by atoms with Crippen LogP contribution in [0.15, 0.2) is 22.9 Å². The minimum atomic E-state index is -1.29. The molecule has 0 N–H and O–H groups in total. The Labute approximate surface area is 99.4 Å². The Morgan fingerprint density at radius 1 is 1.50 bits per heavy atom. The summed E-state index contributed by atoms with van der Waals surface area (Å²) in [5, 5.41) is 14.5. The van der Waals surface area contributed by atoms with Crippen LogP contribution in [0.4, 0.5) is 0 Å². The van der Waals surface area contributed by atoms with Crippen LogP contribution in [0.5, 0.6) is 0 Å². The third-order valence-electron chi connectivity index (χ3n) is 1.54. The van der Waals surface area contributed by atoms with Gasteiger partial charge in [-0.2, -0.15) is 5.10 Å². The largest absolute Gasteiger partial charge is 1.00 e. The van der Waals surface area contributed by atoms with Gasteiger partial charge in [0.05, 0.1) is 12.2 Å². The van der Waals surface area contributed by atoms with Crippen molar-refractivity contribution in [3.05, 3.63) is 28.6 Å². The summed E-state index contributed by atoms with van der Waals surface area (Å²) < 4.78 is 1.75. The molecule has 7 heteroatoms. The second-order valence-corrected chi connectivity index (χ2v) is 3.17. The molecule has 0 spiro atoms. The molecule has 2 aromatic rings. The first-order valence-electron chi connectivity index (χ1n) is 3.40. The van der Waals surface area contributed by atoms with E-state index in [1.807, 2.05) is 0 Å². The van der Waals surface area contributed by atoms with Gasteiger partial charge < -0.3 is 9.90 Å². The number of carbonyl (C=O) groups is 1. The summed E-state index contributed by atoms with van der Waals surface area (Å²) in [7, 11) is 0. The van der Waals surface area contributed by atoms with E-state index in [1.165, 1.54) is 10.7 Å². The van der Waals surface area contributed by atoms with Gasteiger partial charge in [-0.15, -0.1) is 0 Å². The van der Waals surface area contributed by atoms with Gasteiger partial charge in [0.15, 0.2) is 5.65 Å². The van der Waals surface area contributed by atoms with Gasteiger partial charge in [-0.05, 0) is 28.1 Å². The van der Waals surface area contributed by atoms with Crippen molar-refractivity contribution in [1.82, 2.24) is 14.6 Å². The third-order valence-corrected chi connectivity index (χ3v) is 1.96. The first-order valence-corrected chi connectivity index (χ1v) is 4.19. The number of fused-ring (bicyclic) bond motifs is 1. The Hall–Kier alpha value is -0.833. The Balaban J connectivity index is 0.000000980. The summed E-state index contributed by atoms with van der Waals surface area (Å²) in [6.45, 7) is 0. The number of aromatic carboxylic acids is 1. The first kappa shape index (κ1) is 11.2. The van der Waals surface area contributed by atoms with Crippen LogP contribution in [0, 0.1) is 0 Å². The maximum atomic E-state index is 10.6. The number of halogens is 1. The van der Waals surface area contributed by atoms with Crippen LogP contribution in [0.3, 0.4) is 0 Å². The Morgan fingerprint density at radius 3 is 2.86 bits per heavy atom. The molecule has 0 aliphatic heterocycles. The van der Waals surface area contributed by atoms with Crippen LogP contribution < -0.4 is 24.0 Å². The minimum Gasteiger partial charge on any atom is -0.543 e. The Bertz CT molecular complexity index is 485. The molecule has 0 aliphatic rings. The maximum Gasteiger partial charge on any atom is 1.00 e. The number of rotatable bonds is 1. The van der Waals surface area contributed by atoms with Crippen molar-refractivity contribution >= 4 is 27.5 Å². The van der Waals surface area contributed by atoms with E-state index in [0.29, 0.717) is 10.3 Å². The van der Waals surface area contributed by atoms with Gasteiger partial charge in [-0.1, -0.05) is 0 Å². The molecule has 0 atom stereocenters. The molecule has 0 aliphatic carbocycles. The molecule has 14 heavy (non-hydrogen) atoms. The smallest absolute Gasteiger partial charge is 0.543 e. The molecule has 0 saturated carbocycles. The SMILES string of the molecule is O=C([O-])c1cnc2ccc(Br)nn12.[Li+]. The van der Waals surface area contributed by atoms with E-state index in [-0.39, 0.29) is 24.6 Å². The third kappa shape index (κ3) is 1.82. The van der Waals surface area contributed by atoms with Gasteiger partial charge in [0, 0.05) is 0 Å². The predicted octanol–water partition coefficient (Wildman–Crippen LogP) is -3.14. The van der Waals surface area contributed by atoms with Crippen LogP contribution in [0.1, 0.15) is 10.5 Å². The molecule has 0 fully saturated rings. The van der Waals surface area contributed by atoms with E-state index in [2.05, 4.69) is 26.0 Å². The predicted molar refractivity (Wildman–Crippen MR) is 45.0 cm³/mol. The molecular weight excluding hydrogens is 245 g/mol. The van der Waals surface area contributed by atoms with E-state index in [4.69, 9.17) is 0 Å². The number of nitrogens with zero attached hydrogens (tertiary/aromatic N) is 3. The Morgan fingerprint density at radius 2 is 2.21 bits per heavy atom. The summed E-state index contributed by atoms with van der Waals surface area (Å²) in [5.41, 5.74) is 0.415. The van der Waals surface area contributed by atoms with Crippen LogP contribution >= 0.6 is 15.9 Å². The minimum absolute atomic E-state index is 0. The fourth-order valence-corrected chi connectivity index (χ4v) is 1.28. The normalized spacial score (nSPS) is 9.79. The molecule has 0 unspecified atom stereocenters. The standard InChI is InChI=1S/C7H4BrN3O2.Li/c8-5-1-2-6-9-3-4(7(12)13)11(6)10-5;/h1-3H,(H,12,13);/q;+1/p-1. The number of imidazole rings is 1. The quantitative estimate of drug-likeness (QED) is 0.500. The summed E-state index contributed by atoms with van der Waals surface area (Å²) in [6.07, 6.45) is 1.21. The van der Waals surface area contributed by atoms with Gasteiger partial charge in [0.1, 0.15) is 10.3 Å². The summed E-state index contributed by atoms with van der Waals surface area (Å²) in [4.78, 5) is 14.4. The molecule has 0 amide bonds. The van der Waals surface area contributed by atoms with Crippen LogP contribution in [0.25, 0.3) is 5.65 Å². The molecule has 0 radical (unpaired) electrons. The van der Waals surface area contributed by atoms with Crippen molar-refractivity contribution in [2.75, 3.05) is 0 Å². The molecule has 0 aromatic carbocycles. The average Bonchev–Trinajstić information content (AvgIpc) is 2.46. The zero-order valence-electron chi connectivity index (χ0n) is 7.27. The number of carboxylic acid groups (broad SMARTS) is 1. The zero-order chi connectivity index (χ0) is 9.42. The van der Waals surface area contributed by atoms with Gasteiger partial charge in [-0.3, -0.25) is 0 Å². The van der Waals surface area contributed by atoms with E-state index in [9.17, 15) is 9.90 Å². The summed E-state index contributed by atoms with van der Waals surface area (Å²) in [6, 6.07) is 3.34. The van der Waals surface area contributed by atoms with Gasteiger partial charge in [0.2, 0.25) is 0 Å². The van der Waals surface area contributed by atoms with Crippen LogP contribution in [-0.2, 0) is 0 Å². The van der Waals surface area contributed by atoms with Gasteiger partial charge >= 0.3 is 18.9 Å².